The predicted octanol–water partition coefficient (Wildman–Crippen LogP) is 3.07. The standard InChI is InChI=1S/C25H21N5O2/c31-24(27-14-10-18-8-12-26-13-9-18)20-6-7-21-23(16-20)29(17-19-4-2-1-3-5-19)25(32)22-11-15-28-30(21)22/h1-9,11-13,15-16H,10,14,17H2,(H,27,31). The van der Waals surface area contributed by atoms with Crippen molar-refractivity contribution in [1.29, 1.82) is 0 Å². The molecule has 0 radical (unpaired) electrons. The summed E-state index contributed by atoms with van der Waals surface area (Å²) in [5.41, 5.74) is 4.41. The molecule has 1 amide bonds. The van der Waals surface area contributed by atoms with E-state index in [4.69, 9.17) is 0 Å². The molecule has 158 valence electrons. The summed E-state index contributed by atoms with van der Waals surface area (Å²) in [5, 5.41) is 7.27. The molecule has 7 nitrogen and oxygen atoms in total. The van der Waals surface area contributed by atoms with Gasteiger partial charge in [0.05, 0.1) is 23.8 Å². The van der Waals surface area contributed by atoms with Crippen LogP contribution in [0.15, 0.2) is 90.1 Å². The van der Waals surface area contributed by atoms with Crippen molar-refractivity contribution in [2.45, 2.75) is 13.0 Å². The number of nitrogens with zero attached hydrogens (tertiary/aromatic N) is 4. The zero-order chi connectivity index (χ0) is 21.9. The maximum absolute atomic E-state index is 13.2. The van der Waals surface area contributed by atoms with E-state index in [1.807, 2.05) is 48.5 Å². The van der Waals surface area contributed by atoms with Gasteiger partial charge in [0.1, 0.15) is 5.52 Å². The number of fused-ring (bicyclic) bond motifs is 3. The predicted molar refractivity (Wildman–Crippen MR) is 123 cm³/mol. The largest absolute Gasteiger partial charge is 0.352 e. The molecule has 0 saturated carbocycles. The van der Waals surface area contributed by atoms with E-state index in [0.717, 1.165) is 16.6 Å². The minimum absolute atomic E-state index is 0.144. The minimum atomic E-state index is -0.180. The number of pyridine rings is 1. The first-order valence-electron chi connectivity index (χ1n) is 10.4. The molecule has 0 fully saturated rings. The highest BCUT2D eigenvalue weighted by atomic mass is 16.1. The number of carbonyl (C=O) groups is 1. The maximum atomic E-state index is 13.2. The molecule has 0 atom stereocenters. The monoisotopic (exact) mass is 423 g/mol. The van der Waals surface area contributed by atoms with Crippen LogP contribution in [0.2, 0.25) is 0 Å². The molecule has 0 aliphatic heterocycles. The van der Waals surface area contributed by atoms with Crippen molar-refractivity contribution in [1.82, 2.24) is 24.5 Å². The molecule has 7 heteroatoms. The lowest BCUT2D eigenvalue weighted by Gasteiger charge is -2.13. The summed E-state index contributed by atoms with van der Waals surface area (Å²) in [6.07, 6.45) is 5.81. The van der Waals surface area contributed by atoms with Crippen LogP contribution in [-0.2, 0) is 13.0 Å². The number of benzene rings is 2. The first-order chi connectivity index (χ1) is 15.7. The first kappa shape index (κ1) is 19.7. The Balaban J connectivity index is 1.50. The molecular formula is C25H21N5O2. The molecule has 0 spiro atoms. The lowest BCUT2D eigenvalue weighted by Crippen LogP contribution is -2.27. The zero-order valence-electron chi connectivity index (χ0n) is 17.3. The number of nitrogens with one attached hydrogen (secondary N) is 1. The van der Waals surface area contributed by atoms with E-state index < -0.39 is 0 Å². The molecule has 0 saturated heterocycles. The Morgan fingerprint density at radius 2 is 1.66 bits per heavy atom. The molecule has 0 aliphatic rings. The van der Waals surface area contributed by atoms with E-state index in [1.165, 1.54) is 0 Å². The number of carbonyl (C=O) groups excluding carboxylic acids is 1. The Hall–Kier alpha value is -4.26. The lowest BCUT2D eigenvalue weighted by atomic mass is 10.1. The highest BCUT2D eigenvalue weighted by Crippen LogP contribution is 2.18. The van der Waals surface area contributed by atoms with Crippen LogP contribution in [0, 0.1) is 0 Å². The normalized spacial score (nSPS) is 11.1. The molecule has 0 bridgehead atoms. The molecule has 1 N–H and O–H groups in total. The Bertz CT molecular complexity index is 1460. The average molecular weight is 423 g/mol. The van der Waals surface area contributed by atoms with E-state index in [2.05, 4.69) is 15.4 Å². The van der Waals surface area contributed by atoms with Gasteiger partial charge in [-0.3, -0.25) is 14.6 Å². The van der Waals surface area contributed by atoms with Crippen LogP contribution in [-0.4, -0.2) is 31.6 Å². The molecule has 3 aromatic heterocycles. The topological polar surface area (TPSA) is 81.3 Å². The molecule has 2 aromatic carbocycles. The quantitative estimate of drug-likeness (QED) is 0.455. The van der Waals surface area contributed by atoms with Gasteiger partial charge >= 0.3 is 0 Å². The SMILES string of the molecule is O=C(NCCc1ccncc1)c1ccc2c(c1)n(Cc1ccccc1)c(=O)c1ccnn12. The van der Waals surface area contributed by atoms with E-state index in [9.17, 15) is 9.59 Å². The number of amides is 1. The number of hydrogen-bond donors (Lipinski definition) is 1. The Kier molecular flexibility index (Phi) is 5.21. The van der Waals surface area contributed by atoms with Crippen LogP contribution in [0.5, 0.6) is 0 Å². The van der Waals surface area contributed by atoms with Crippen molar-refractivity contribution in [3.8, 4) is 0 Å². The number of rotatable bonds is 6. The average Bonchev–Trinajstić information content (AvgIpc) is 3.33. The van der Waals surface area contributed by atoms with Crippen molar-refractivity contribution in [2.75, 3.05) is 6.54 Å². The molecule has 5 aromatic rings. The summed E-state index contributed by atoms with van der Waals surface area (Å²) in [6.45, 7) is 0.918. The van der Waals surface area contributed by atoms with Crippen molar-refractivity contribution in [3.63, 3.8) is 0 Å². The third kappa shape index (κ3) is 3.76. The summed E-state index contributed by atoms with van der Waals surface area (Å²) in [4.78, 5) is 30.0. The van der Waals surface area contributed by atoms with Gasteiger partial charge in [-0.25, -0.2) is 4.52 Å². The Morgan fingerprint density at radius 1 is 0.844 bits per heavy atom. The van der Waals surface area contributed by atoms with Gasteiger partial charge in [0.25, 0.3) is 11.5 Å². The second kappa shape index (κ2) is 8.47. The van der Waals surface area contributed by atoms with E-state index in [0.29, 0.717) is 36.1 Å². The summed E-state index contributed by atoms with van der Waals surface area (Å²) in [5.74, 6) is -0.180. The molecule has 0 aliphatic carbocycles. The van der Waals surface area contributed by atoms with Crippen molar-refractivity contribution in [3.05, 3.63) is 112 Å². The van der Waals surface area contributed by atoms with Gasteiger partial charge in [-0.1, -0.05) is 30.3 Å². The highest BCUT2D eigenvalue weighted by molar-refractivity contribution is 5.97. The van der Waals surface area contributed by atoms with Gasteiger partial charge in [-0.2, -0.15) is 5.10 Å². The van der Waals surface area contributed by atoms with Crippen LogP contribution in [0.25, 0.3) is 16.6 Å². The zero-order valence-corrected chi connectivity index (χ0v) is 17.3. The summed E-state index contributed by atoms with van der Waals surface area (Å²) < 4.78 is 3.33. The van der Waals surface area contributed by atoms with E-state index >= 15 is 0 Å². The van der Waals surface area contributed by atoms with Gasteiger partial charge in [0.15, 0.2) is 0 Å². The van der Waals surface area contributed by atoms with Crippen LogP contribution >= 0.6 is 0 Å². The summed E-state index contributed by atoms with van der Waals surface area (Å²) >= 11 is 0. The van der Waals surface area contributed by atoms with Crippen molar-refractivity contribution < 1.29 is 4.79 Å². The lowest BCUT2D eigenvalue weighted by molar-refractivity contribution is 0.0954. The van der Waals surface area contributed by atoms with Gasteiger partial charge in [-0.15, -0.1) is 0 Å². The third-order valence-electron chi connectivity index (χ3n) is 5.50. The van der Waals surface area contributed by atoms with Crippen LogP contribution < -0.4 is 10.9 Å². The van der Waals surface area contributed by atoms with Crippen LogP contribution in [0.1, 0.15) is 21.5 Å². The molecule has 32 heavy (non-hydrogen) atoms. The minimum Gasteiger partial charge on any atom is -0.352 e. The summed E-state index contributed by atoms with van der Waals surface area (Å²) in [6, 6.07) is 20.7. The van der Waals surface area contributed by atoms with E-state index in [-0.39, 0.29) is 11.5 Å². The van der Waals surface area contributed by atoms with Gasteiger partial charge in [-0.05, 0) is 53.9 Å². The van der Waals surface area contributed by atoms with Crippen molar-refractivity contribution >= 4 is 22.5 Å². The Morgan fingerprint density at radius 3 is 2.47 bits per heavy atom. The molecule has 3 heterocycles. The second-order valence-electron chi connectivity index (χ2n) is 7.57. The van der Waals surface area contributed by atoms with Gasteiger partial charge < -0.3 is 9.88 Å². The summed E-state index contributed by atoms with van der Waals surface area (Å²) in [7, 11) is 0. The fraction of sp³-hybridized carbons (Fsp3) is 0.120. The van der Waals surface area contributed by atoms with E-state index in [1.54, 1.807) is 45.9 Å². The molecule has 0 unspecified atom stereocenters. The molecular weight excluding hydrogens is 402 g/mol. The van der Waals surface area contributed by atoms with Gasteiger partial charge in [0, 0.05) is 24.5 Å². The number of aromatic nitrogens is 4. The third-order valence-corrected chi connectivity index (χ3v) is 5.50. The van der Waals surface area contributed by atoms with Crippen LogP contribution in [0.4, 0.5) is 0 Å². The van der Waals surface area contributed by atoms with Crippen LogP contribution in [0.3, 0.4) is 0 Å². The maximum Gasteiger partial charge on any atom is 0.277 e. The smallest absolute Gasteiger partial charge is 0.277 e. The Labute approximate surface area is 184 Å². The molecule has 5 rings (SSSR count). The second-order valence-corrected chi connectivity index (χ2v) is 7.57. The first-order valence-corrected chi connectivity index (χ1v) is 10.4. The fourth-order valence-electron chi connectivity index (χ4n) is 3.86. The highest BCUT2D eigenvalue weighted by Gasteiger charge is 2.14. The van der Waals surface area contributed by atoms with Gasteiger partial charge in [0.2, 0.25) is 0 Å². The number of hydrogen-bond acceptors (Lipinski definition) is 4. The van der Waals surface area contributed by atoms with Crippen molar-refractivity contribution in [2.24, 2.45) is 0 Å². The fourth-order valence-corrected chi connectivity index (χ4v) is 3.86.